The molecule has 1 aliphatic heterocycles. The fraction of sp³-hybridized carbons (Fsp3) is 0.550. The lowest BCUT2D eigenvalue weighted by Crippen LogP contribution is -2.64. The van der Waals surface area contributed by atoms with E-state index in [0.717, 1.165) is 5.56 Å². The normalized spacial score (nSPS) is 23.6. The van der Waals surface area contributed by atoms with E-state index >= 15 is 0 Å². The van der Waals surface area contributed by atoms with Gasteiger partial charge in [-0.3, -0.25) is 4.48 Å². The van der Waals surface area contributed by atoms with Crippen LogP contribution in [0, 0.1) is 0 Å². The molecule has 0 aliphatic carbocycles. The van der Waals surface area contributed by atoms with Crippen LogP contribution in [0.1, 0.15) is 19.4 Å². The van der Waals surface area contributed by atoms with Crippen molar-refractivity contribution in [3.05, 3.63) is 40.9 Å². The fourth-order valence-electron chi connectivity index (χ4n) is 3.81. The number of rotatable bonds is 9. The molecule has 4 unspecified atom stereocenters. The number of alkyl halides is 3. The number of benzene rings is 1. The highest BCUT2D eigenvalue weighted by atomic mass is 32.2. The number of thioether (sulfide) groups is 1. The summed E-state index contributed by atoms with van der Waals surface area (Å²) in [6.07, 6.45) is -5.30. The van der Waals surface area contributed by atoms with Gasteiger partial charge in [-0.15, -0.1) is 0 Å². The van der Waals surface area contributed by atoms with Crippen molar-refractivity contribution in [2.24, 2.45) is 0 Å². The van der Waals surface area contributed by atoms with Crippen LogP contribution in [0.4, 0.5) is 13.2 Å². The van der Waals surface area contributed by atoms with Crippen molar-refractivity contribution in [2.45, 2.75) is 44.0 Å². The third-order valence-electron chi connectivity index (χ3n) is 5.22. The number of carbonyl (C=O) groups excluding carboxylic acids is 1. The number of carbonyl (C=O) groups is 1. The van der Waals surface area contributed by atoms with Crippen LogP contribution in [0.5, 0.6) is 5.75 Å². The van der Waals surface area contributed by atoms with Crippen molar-refractivity contribution in [3.63, 3.8) is 0 Å². The Hall–Kier alpha value is -1.75. The number of ether oxygens (including phenoxy) is 2. The summed E-state index contributed by atoms with van der Waals surface area (Å²) in [5, 5.41) is 19.3. The molecule has 10 heteroatoms. The summed E-state index contributed by atoms with van der Waals surface area (Å²) >= 11 is 0.636. The lowest BCUT2D eigenvalue weighted by molar-refractivity contribution is -0.934. The molecular weight excluding hydrogens is 423 g/mol. The molecule has 2 rings (SSSR count). The van der Waals surface area contributed by atoms with Gasteiger partial charge in [0.1, 0.15) is 24.1 Å². The maximum absolute atomic E-state index is 13.9. The number of aliphatic hydroxyl groups excluding tert-OH is 2. The highest BCUT2D eigenvalue weighted by molar-refractivity contribution is 8.02. The van der Waals surface area contributed by atoms with Crippen LogP contribution in [-0.4, -0.2) is 71.2 Å². The average Bonchev–Trinajstić information content (AvgIpc) is 3.08. The molecule has 0 fully saturated rings. The van der Waals surface area contributed by atoms with Crippen LogP contribution in [0.15, 0.2) is 35.4 Å². The largest absolute Gasteiger partial charge is 0.482 e. The van der Waals surface area contributed by atoms with E-state index < -0.39 is 40.8 Å². The molecule has 0 spiro atoms. The van der Waals surface area contributed by atoms with Crippen LogP contribution in [-0.2, 0) is 16.0 Å². The van der Waals surface area contributed by atoms with E-state index in [1.165, 1.54) is 19.4 Å². The summed E-state index contributed by atoms with van der Waals surface area (Å²) < 4.78 is 50.8. The zero-order valence-corrected chi connectivity index (χ0v) is 17.9. The summed E-state index contributed by atoms with van der Waals surface area (Å²) in [7, 11) is 1.25. The first kappa shape index (κ1) is 24.5. The highest BCUT2D eigenvalue weighted by Crippen LogP contribution is 2.49. The SMILES string of the molecule is COC(=O)COc1ccc(CC(C)[N+]2(CCO)C(C(C)O)=CSC2C(F)(F)F)cc1. The number of quaternary nitrogens is 1. The lowest BCUT2D eigenvalue weighted by atomic mass is 10.0. The zero-order valence-electron chi connectivity index (χ0n) is 17.1. The quantitative estimate of drug-likeness (QED) is 0.445. The molecule has 1 aliphatic rings. The van der Waals surface area contributed by atoms with Crippen molar-refractivity contribution in [3.8, 4) is 5.75 Å². The molecule has 30 heavy (non-hydrogen) atoms. The van der Waals surface area contributed by atoms with Gasteiger partial charge in [0.05, 0.1) is 19.8 Å². The van der Waals surface area contributed by atoms with Gasteiger partial charge in [0.2, 0.25) is 5.37 Å². The molecule has 6 nitrogen and oxygen atoms in total. The first-order valence-electron chi connectivity index (χ1n) is 9.44. The van der Waals surface area contributed by atoms with Crippen LogP contribution in [0.3, 0.4) is 0 Å². The Morgan fingerprint density at radius 1 is 1.27 bits per heavy atom. The summed E-state index contributed by atoms with van der Waals surface area (Å²) in [6.45, 7) is 2.29. The van der Waals surface area contributed by atoms with Gasteiger partial charge in [-0.1, -0.05) is 23.9 Å². The summed E-state index contributed by atoms with van der Waals surface area (Å²) in [6, 6.07) is 6.13. The lowest BCUT2D eigenvalue weighted by Gasteiger charge is -2.46. The molecule has 0 aromatic heterocycles. The molecule has 1 aromatic carbocycles. The van der Waals surface area contributed by atoms with E-state index in [-0.39, 0.29) is 25.3 Å². The smallest absolute Gasteiger partial charge is 0.452 e. The van der Waals surface area contributed by atoms with Gasteiger partial charge in [-0.25, -0.2) is 4.79 Å². The summed E-state index contributed by atoms with van der Waals surface area (Å²) in [5.41, 5.74) is 1.02. The predicted octanol–water partition coefficient (Wildman–Crippen LogP) is 2.84. The van der Waals surface area contributed by atoms with Gasteiger partial charge in [-0.05, 0) is 31.5 Å². The molecule has 0 radical (unpaired) electrons. The Morgan fingerprint density at radius 2 is 1.90 bits per heavy atom. The molecule has 0 amide bonds. The fourth-order valence-corrected chi connectivity index (χ4v) is 5.27. The van der Waals surface area contributed by atoms with Crippen LogP contribution < -0.4 is 4.74 Å². The first-order chi connectivity index (χ1) is 14.1. The molecule has 2 N–H and O–H groups in total. The number of aliphatic hydroxyl groups is 2. The van der Waals surface area contributed by atoms with E-state index in [1.54, 1.807) is 31.2 Å². The molecular formula is C20H27F3NO5S+. The Bertz CT molecular complexity index is 754. The second-order valence-corrected chi connectivity index (χ2v) is 8.14. The number of hydrogen-bond donors (Lipinski definition) is 2. The molecule has 1 heterocycles. The number of halogens is 3. The minimum atomic E-state index is -4.51. The minimum absolute atomic E-state index is 0.157. The second kappa shape index (κ2) is 10.0. The van der Waals surface area contributed by atoms with Crippen molar-refractivity contribution in [1.29, 1.82) is 0 Å². The number of nitrogens with zero attached hydrogens (tertiary/aromatic N) is 1. The van der Waals surface area contributed by atoms with Gasteiger partial charge < -0.3 is 19.7 Å². The Kier molecular flexibility index (Phi) is 8.20. The zero-order chi connectivity index (χ0) is 22.5. The standard InChI is InChI=1S/C20H27F3NO5S/c1-13(10-15-4-6-16(7-5-15)29-11-18(27)28-3)24(8-9-25)17(14(2)26)12-30-19(24)20(21,22)23/h4-7,12-14,19,25-26H,8-11H2,1-3H3/q+1. The number of esters is 1. The van der Waals surface area contributed by atoms with E-state index in [0.29, 0.717) is 17.5 Å². The Morgan fingerprint density at radius 3 is 2.40 bits per heavy atom. The van der Waals surface area contributed by atoms with Crippen LogP contribution in [0.2, 0.25) is 0 Å². The first-order valence-corrected chi connectivity index (χ1v) is 10.4. The number of methoxy groups -OCH3 is 1. The van der Waals surface area contributed by atoms with E-state index in [4.69, 9.17) is 4.74 Å². The minimum Gasteiger partial charge on any atom is -0.482 e. The van der Waals surface area contributed by atoms with Gasteiger partial charge in [0.15, 0.2) is 6.61 Å². The average molecular weight is 450 g/mol. The van der Waals surface area contributed by atoms with E-state index in [1.807, 2.05) is 0 Å². The summed E-state index contributed by atoms with van der Waals surface area (Å²) in [4.78, 5) is 11.1. The van der Waals surface area contributed by atoms with Crippen molar-refractivity contribution in [1.82, 2.24) is 0 Å². The highest BCUT2D eigenvalue weighted by Gasteiger charge is 2.62. The molecule has 0 saturated carbocycles. The molecule has 4 atom stereocenters. The predicted molar refractivity (Wildman–Crippen MR) is 107 cm³/mol. The van der Waals surface area contributed by atoms with Crippen molar-refractivity contribution >= 4 is 17.7 Å². The Labute approximate surface area is 177 Å². The Balaban J connectivity index is 2.26. The van der Waals surface area contributed by atoms with E-state index in [9.17, 15) is 28.2 Å². The van der Waals surface area contributed by atoms with Crippen molar-refractivity contribution in [2.75, 3.05) is 26.9 Å². The molecule has 0 saturated heterocycles. The topological polar surface area (TPSA) is 76.0 Å². The number of hydrogen-bond acceptors (Lipinski definition) is 6. The van der Waals surface area contributed by atoms with Gasteiger partial charge in [-0.2, -0.15) is 13.2 Å². The van der Waals surface area contributed by atoms with Gasteiger partial charge >= 0.3 is 12.1 Å². The van der Waals surface area contributed by atoms with Gasteiger partial charge in [0.25, 0.3) is 0 Å². The second-order valence-electron chi connectivity index (χ2n) is 7.19. The molecule has 1 aromatic rings. The maximum Gasteiger partial charge on any atom is 0.452 e. The van der Waals surface area contributed by atoms with Gasteiger partial charge in [0, 0.05) is 11.8 Å². The molecule has 0 bridgehead atoms. The van der Waals surface area contributed by atoms with Crippen LogP contribution >= 0.6 is 11.8 Å². The third-order valence-corrected chi connectivity index (χ3v) is 6.50. The van der Waals surface area contributed by atoms with E-state index in [2.05, 4.69) is 4.74 Å². The monoisotopic (exact) mass is 450 g/mol. The molecule has 168 valence electrons. The third kappa shape index (κ3) is 5.29. The maximum atomic E-state index is 13.9. The summed E-state index contributed by atoms with van der Waals surface area (Å²) in [5.74, 6) is -0.0872. The van der Waals surface area contributed by atoms with Crippen LogP contribution in [0.25, 0.3) is 0 Å². The van der Waals surface area contributed by atoms with Crippen molar-refractivity contribution < 1.29 is 42.1 Å².